The molecule has 0 aliphatic carbocycles. The van der Waals surface area contributed by atoms with Crippen molar-refractivity contribution in [3.8, 4) is 0 Å². The highest BCUT2D eigenvalue weighted by Gasteiger charge is 2.48. The van der Waals surface area contributed by atoms with Crippen LogP contribution in [-0.4, -0.2) is 37.9 Å². The van der Waals surface area contributed by atoms with Crippen LogP contribution in [0.2, 0.25) is 0 Å². The lowest BCUT2D eigenvalue weighted by molar-refractivity contribution is -0.0587. The molecular formula is C5H8F4O4S. The van der Waals surface area contributed by atoms with Crippen LogP contribution in [0.3, 0.4) is 0 Å². The minimum atomic E-state index is -5.79. The highest BCUT2D eigenvalue weighted by molar-refractivity contribution is 7.87. The lowest BCUT2D eigenvalue weighted by atomic mass is 10.2. The molecule has 0 saturated carbocycles. The van der Waals surface area contributed by atoms with E-state index in [0.717, 1.165) is 0 Å². The normalized spacial score (nSPS) is 17.9. The average molecular weight is 240 g/mol. The van der Waals surface area contributed by atoms with Gasteiger partial charge in [0.2, 0.25) is 0 Å². The molecule has 9 heteroatoms. The summed E-state index contributed by atoms with van der Waals surface area (Å²) in [5, 5.41) is 8.26. The monoisotopic (exact) mass is 240 g/mol. The van der Waals surface area contributed by atoms with Gasteiger partial charge >= 0.3 is 15.6 Å². The van der Waals surface area contributed by atoms with Crippen molar-refractivity contribution in [3.05, 3.63) is 0 Å². The Morgan fingerprint density at radius 2 is 1.71 bits per heavy atom. The van der Waals surface area contributed by atoms with E-state index in [1.165, 1.54) is 0 Å². The Labute approximate surface area is 77.6 Å². The van der Waals surface area contributed by atoms with Crippen LogP contribution in [0, 0.1) is 0 Å². The van der Waals surface area contributed by atoms with E-state index in [1.807, 2.05) is 0 Å². The van der Waals surface area contributed by atoms with Gasteiger partial charge in [-0.05, 0) is 6.92 Å². The van der Waals surface area contributed by atoms with E-state index >= 15 is 0 Å². The Kier molecular flexibility index (Phi) is 3.87. The second kappa shape index (κ2) is 3.99. The smallest absolute Gasteiger partial charge is 0.393 e. The lowest BCUT2D eigenvalue weighted by Crippen LogP contribution is -2.35. The van der Waals surface area contributed by atoms with Gasteiger partial charge in [-0.15, -0.1) is 0 Å². The molecule has 1 unspecified atom stereocenters. The van der Waals surface area contributed by atoms with Gasteiger partial charge in [-0.3, -0.25) is 4.18 Å². The van der Waals surface area contributed by atoms with Crippen LogP contribution in [0.1, 0.15) is 6.92 Å². The molecule has 0 aliphatic heterocycles. The zero-order chi connectivity index (χ0) is 11.6. The molecule has 14 heavy (non-hydrogen) atoms. The van der Waals surface area contributed by atoms with Gasteiger partial charge in [0.1, 0.15) is 6.61 Å². The van der Waals surface area contributed by atoms with Crippen LogP contribution >= 0.6 is 0 Å². The van der Waals surface area contributed by atoms with Gasteiger partial charge in [0.25, 0.3) is 0 Å². The second-order valence-electron chi connectivity index (χ2n) is 2.73. The molecule has 0 amide bonds. The van der Waals surface area contributed by atoms with Gasteiger partial charge in [-0.2, -0.15) is 21.6 Å². The van der Waals surface area contributed by atoms with Gasteiger partial charge < -0.3 is 5.11 Å². The molecule has 4 nitrogen and oxygen atoms in total. The first-order valence-electron chi connectivity index (χ1n) is 3.27. The molecule has 0 aromatic rings. The molecule has 0 saturated heterocycles. The number of hydrogen-bond acceptors (Lipinski definition) is 4. The number of aliphatic hydroxyl groups excluding tert-OH is 1. The zero-order valence-corrected chi connectivity index (χ0v) is 7.82. The molecule has 1 atom stereocenters. The van der Waals surface area contributed by atoms with Crippen molar-refractivity contribution >= 4 is 10.1 Å². The highest BCUT2D eigenvalue weighted by Crippen LogP contribution is 2.25. The molecule has 0 spiro atoms. The first kappa shape index (κ1) is 13.6. The largest absolute Gasteiger partial charge is 0.523 e. The molecule has 0 rings (SSSR count). The number of alkyl halides is 4. The minimum Gasteiger partial charge on any atom is -0.393 e. The highest BCUT2D eigenvalue weighted by atomic mass is 32.2. The van der Waals surface area contributed by atoms with E-state index in [2.05, 4.69) is 4.18 Å². The fourth-order valence-corrected chi connectivity index (χ4v) is 0.847. The average Bonchev–Trinajstić information content (AvgIpc) is 1.99. The molecular weight excluding hydrogens is 232 g/mol. The predicted octanol–water partition coefficient (Wildman–Crippen LogP) is 0.573. The number of halogens is 4. The summed E-state index contributed by atoms with van der Waals surface area (Å²) in [6.07, 6.45) is 0. The fraction of sp³-hybridized carbons (Fsp3) is 1.00. The first-order valence-corrected chi connectivity index (χ1v) is 4.68. The number of aliphatic hydroxyl groups is 1. The third-order valence-corrected chi connectivity index (χ3v) is 2.12. The SMILES string of the molecule is CC(F)(CO)COS(=O)(=O)C(F)(F)F. The topological polar surface area (TPSA) is 63.6 Å². The Bertz CT molecular complexity index is 281. The summed E-state index contributed by atoms with van der Waals surface area (Å²) in [5.74, 6) is 0. The third kappa shape index (κ3) is 3.76. The molecule has 0 fully saturated rings. The number of rotatable bonds is 4. The summed E-state index contributed by atoms with van der Waals surface area (Å²) < 4.78 is 71.4. The summed E-state index contributed by atoms with van der Waals surface area (Å²) in [4.78, 5) is 0. The van der Waals surface area contributed by atoms with Crippen LogP contribution < -0.4 is 0 Å². The van der Waals surface area contributed by atoms with E-state index in [0.29, 0.717) is 6.92 Å². The first-order chi connectivity index (χ1) is 6.02. The van der Waals surface area contributed by atoms with Crippen molar-refractivity contribution in [2.45, 2.75) is 18.1 Å². The van der Waals surface area contributed by atoms with Crippen molar-refractivity contribution in [3.63, 3.8) is 0 Å². The van der Waals surface area contributed by atoms with Crippen LogP contribution in [0.15, 0.2) is 0 Å². The fourth-order valence-electron chi connectivity index (χ4n) is 0.313. The molecule has 0 aromatic carbocycles. The summed E-state index contributed by atoms with van der Waals surface area (Å²) >= 11 is 0. The molecule has 0 bridgehead atoms. The molecule has 0 aromatic heterocycles. The Hall–Kier alpha value is -0.410. The van der Waals surface area contributed by atoms with Crippen molar-refractivity contribution in [2.24, 2.45) is 0 Å². The van der Waals surface area contributed by atoms with E-state index in [1.54, 1.807) is 0 Å². The van der Waals surface area contributed by atoms with Crippen molar-refractivity contribution in [1.29, 1.82) is 0 Å². The van der Waals surface area contributed by atoms with Crippen LogP contribution in [0.4, 0.5) is 17.6 Å². The van der Waals surface area contributed by atoms with Crippen LogP contribution in [0.5, 0.6) is 0 Å². The van der Waals surface area contributed by atoms with E-state index in [-0.39, 0.29) is 0 Å². The van der Waals surface area contributed by atoms with Gasteiger partial charge in [0.05, 0.1) is 6.61 Å². The molecule has 0 aliphatic rings. The third-order valence-electron chi connectivity index (χ3n) is 1.13. The maximum atomic E-state index is 12.7. The maximum absolute atomic E-state index is 12.7. The number of hydrogen-bond donors (Lipinski definition) is 1. The van der Waals surface area contributed by atoms with Crippen LogP contribution in [-0.2, 0) is 14.3 Å². The predicted molar refractivity (Wildman–Crippen MR) is 37.5 cm³/mol. The zero-order valence-electron chi connectivity index (χ0n) is 7.01. The van der Waals surface area contributed by atoms with Gasteiger partial charge in [-0.25, -0.2) is 4.39 Å². The van der Waals surface area contributed by atoms with E-state index < -0.39 is 34.5 Å². The lowest BCUT2D eigenvalue weighted by Gasteiger charge is -2.17. The van der Waals surface area contributed by atoms with Crippen molar-refractivity contribution in [2.75, 3.05) is 13.2 Å². The van der Waals surface area contributed by atoms with Gasteiger partial charge in [-0.1, -0.05) is 0 Å². The Balaban J connectivity index is 4.43. The summed E-state index contributed by atoms with van der Waals surface area (Å²) in [5.41, 5.74) is -8.11. The minimum absolute atomic E-state index is 0.707. The summed E-state index contributed by atoms with van der Waals surface area (Å²) in [6.45, 7) is -1.81. The molecule has 0 radical (unpaired) electrons. The molecule has 86 valence electrons. The van der Waals surface area contributed by atoms with Crippen molar-refractivity contribution < 1.29 is 35.3 Å². The quantitative estimate of drug-likeness (QED) is 0.443. The van der Waals surface area contributed by atoms with Crippen molar-refractivity contribution in [1.82, 2.24) is 0 Å². The van der Waals surface area contributed by atoms with E-state index in [9.17, 15) is 26.0 Å². The second-order valence-corrected chi connectivity index (χ2v) is 4.34. The molecule has 1 N–H and O–H groups in total. The standard InChI is InChI=1S/C5H8F4O4S/c1-4(6,2-10)3-13-14(11,12)5(7,8)9/h10H,2-3H2,1H3. The molecule has 0 heterocycles. The van der Waals surface area contributed by atoms with E-state index in [4.69, 9.17) is 5.11 Å². The Morgan fingerprint density at radius 3 is 2.00 bits per heavy atom. The summed E-state index contributed by atoms with van der Waals surface area (Å²) in [7, 11) is -5.79. The van der Waals surface area contributed by atoms with Gasteiger partial charge in [0, 0.05) is 0 Å². The maximum Gasteiger partial charge on any atom is 0.523 e. The van der Waals surface area contributed by atoms with Gasteiger partial charge in [0.15, 0.2) is 5.67 Å². The Morgan fingerprint density at radius 1 is 1.29 bits per heavy atom. The summed E-state index contributed by atoms with van der Waals surface area (Å²) in [6, 6.07) is 0. The van der Waals surface area contributed by atoms with Crippen LogP contribution in [0.25, 0.3) is 0 Å².